The van der Waals surface area contributed by atoms with Crippen LogP contribution in [0.25, 0.3) is 0 Å². The van der Waals surface area contributed by atoms with E-state index in [0.717, 1.165) is 12.1 Å². The molecule has 0 bridgehead atoms. The Morgan fingerprint density at radius 3 is 2.32 bits per heavy atom. The average molecular weight is 440 g/mol. The highest BCUT2D eigenvalue weighted by molar-refractivity contribution is 7.92. The molecule has 0 aliphatic rings. The number of carbonyl (C=O) groups is 1. The summed E-state index contributed by atoms with van der Waals surface area (Å²) in [5, 5.41) is 6.09. The molecule has 31 heavy (non-hydrogen) atoms. The molecule has 0 saturated carbocycles. The lowest BCUT2D eigenvalue weighted by Gasteiger charge is -2.11. The minimum atomic E-state index is -3.83. The molecule has 0 heterocycles. The number of ether oxygens (including phenoxy) is 1. The molecule has 162 valence electrons. The van der Waals surface area contributed by atoms with Crippen molar-refractivity contribution < 1.29 is 17.9 Å². The van der Waals surface area contributed by atoms with Gasteiger partial charge in [-0.05, 0) is 61.0 Å². The normalized spacial score (nSPS) is 10.9. The van der Waals surface area contributed by atoms with Crippen molar-refractivity contribution in [3.05, 3.63) is 84.4 Å². The number of para-hydroxylation sites is 1. The average Bonchev–Trinajstić information content (AvgIpc) is 2.80. The molecule has 0 spiro atoms. The van der Waals surface area contributed by atoms with E-state index < -0.39 is 10.0 Å². The number of methoxy groups -OCH3 is 1. The van der Waals surface area contributed by atoms with Gasteiger partial charge in [0.2, 0.25) is 0 Å². The smallest absolute Gasteiger partial charge is 0.261 e. The van der Waals surface area contributed by atoms with Gasteiger partial charge < -0.3 is 15.4 Å². The van der Waals surface area contributed by atoms with Crippen LogP contribution in [-0.2, 0) is 10.0 Å². The Morgan fingerprint density at radius 1 is 0.871 bits per heavy atom. The Kier molecular flexibility index (Phi) is 7.50. The quantitative estimate of drug-likeness (QED) is 0.418. The van der Waals surface area contributed by atoms with E-state index in [1.807, 2.05) is 30.3 Å². The predicted molar refractivity (Wildman–Crippen MR) is 122 cm³/mol. The lowest BCUT2D eigenvalue weighted by atomic mass is 10.2. The van der Waals surface area contributed by atoms with Crippen LogP contribution < -0.4 is 20.1 Å². The van der Waals surface area contributed by atoms with Crippen LogP contribution in [0.15, 0.2) is 83.8 Å². The summed E-state index contributed by atoms with van der Waals surface area (Å²) in [5.74, 6) is 0.307. The summed E-state index contributed by atoms with van der Waals surface area (Å²) in [6, 6.07) is 22.3. The molecule has 0 saturated heterocycles. The molecule has 0 aromatic heterocycles. The van der Waals surface area contributed by atoms with Crippen LogP contribution in [0.5, 0.6) is 5.75 Å². The Morgan fingerprint density at radius 2 is 1.61 bits per heavy atom. The highest BCUT2D eigenvalue weighted by atomic mass is 32.2. The van der Waals surface area contributed by atoms with Crippen LogP contribution in [0.3, 0.4) is 0 Å². The lowest BCUT2D eigenvalue weighted by molar-refractivity contribution is 0.0953. The molecular weight excluding hydrogens is 414 g/mol. The molecular formula is C23H25N3O4S. The SMILES string of the molecule is COc1ccc(NS(=O)(=O)c2cccc(C(=O)NCCCNc3ccccc3)c2)cc1. The highest BCUT2D eigenvalue weighted by Gasteiger charge is 2.16. The first-order chi connectivity index (χ1) is 15.0. The molecule has 0 fully saturated rings. The summed E-state index contributed by atoms with van der Waals surface area (Å²) in [6.45, 7) is 1.18. The molecule has 0 radical (unpaired) electrons. The summed E-state index contributed by atoms with van der Waals surface area (Å²) >= 11 is 0. The molecule has 1 amide bonds. The third-order valence-electron chi connectivity index (χ3n) is 4.49. The first kappa shape index (κ1) is 22.2. The lowest BCUT2D eigenvalue weighted by Crippen LogP contribution is -2.26. The van der Waals surface area contributed by atoms with Crippen molar-refractivity contribution in [1.82, 2.24) is 5.32 Å². The van der Waals surface area contributed by atoms with Crippen LogP contribution in [-0.4, -0.2) is 34.5 Å². The van der Waals surface area contributed by atoms with Gasteiger partial charge in [-0.2, -0.15) is 0 Å². The second kappa shape index (κ2) is 10.5. The number of carbonyl (C=O) groups excluding carboxylic acids is 1. The molecule has 8 heteroatoms. The van der Waals surface area contributed by atoms with Gasteiger partial charge in [-0.25, -0.2) is 8.42 Å². The van der Waals surface area contributed by atoms with E-state index in [1.54, 1.807) is 36.4 Å². The van der Waals surface area contributed by atoms with E-state index in [4.69, 9.17) is 4.74 Å². The molecule has 3 aromatic rings. The molecule has 3 aromatic carbocycles. The van der Waals surface area contributed by atoms with Gasteiger partial charge in [-0.15, -0.1) is 0 Å². The van der Waals surface area contributed by atoms with Crippen LogP contribution >= 0.6 is 0 Å². The Hall–Kier alpha value is -3.52. The van der Waals surface area contributed by atoms with E-state index >= 15 is 0 Å². The van der Waals surface area contributed by atoms with E-state index in [-0.39, 0.29) is 16.4 Å². The van der Waals surface area contributed by atoms with Crippen LogP contribution in [0.2, 0.25) is 0 Å². The molecule has 3 rings (SSSR count). The first-order valence-corrected chi connectivity index (χ1v) is 11.3. The second-order valence-corrected chi connectivity index (χ2v) is 8.45. The fourth-order valence-corrected chi connectivity index (χ4v) is 3.96. The molecule has 3 N–H and O–H groups in total. The summed E-state index contributed by atoms with van der Waals surface area (Å²) in [4.78, 5) is 12.4. The van der Waals surface area contributed by atoms with Gasteiger partial charge in [-0.3, -0.25) is 9.52 Å². The maximum atomic E-state index is 12.7. The summed E-state index contributed by atoms with van der Waals surface area (Å²) in [5.41, 5.74) is 1.71. The number of sulfonamides is 1. The van der Waals surface area contributed by atoms with Gasteiger partial charge in [0.1, 0.15) is 5.75 Å². The van der Waals surface area contributed by atoms with Crippen molar-refractivity contribution >= 4 is 27.3 Å². The van der Waals surface area contributed by atoms with Crippen molar-refractivity contribution in [2.45, 2.75) is 11.3 Å². The van der Waals surface area contributed by atoms with E-state index in [1.165, 1.54) is 19.2 Å². The van der Waals surface area contributed by atoms with Crippen molar-refractivity contribution in [2.24, 2.45) is 0 Å². The van der Waals surface area contributed by atoms with Crippen molar-refractivity contribution in [2.75, 3.05) is 30.2 Å². The third-order valence-corrected chi connectivity index (χ3v) is 5.87. The molecule has 0 unspecified atom stereocenters. The standard InChI is InChI=1S/C23H25N3O4S/c1-30-21-13-11-20(12-14-21)26-31(28,29)22-10-5-7-18(17-22)23(27)25-16-6-15-24-19-8-3-2-4-9-19/h2-5,7-14,17,24,26H,6,15-16H2,1H3,(H,25,27). The maximum Gasteiger partial charge on any atom is 0.261 e. The van der Waals surface area contributed by atoms with Gasteiger partial charge in [0, 0.05) is 30.0 Å². The third kappa shape index (κ3) is 6.48. The Balaban J connectivity index is 1.54. The van der Waals surface area contributed by atoms with E-state index in [9.17, 15) is 13.2 Å². The zero-order valence-corrected chi connectivity index (χ0v) is 18.0. The second-order valence-electron chi connectivity index (χ2n) is 6.76. The fourth-order valence-electron chi connectivity index (χ4n) is 2.86. The van der Waals surface area contributed by atoms with Crippen LogP contribution in [0.1, 0.15) is 16.8 Å². The monoisotopic (exact) mass is 439 g/mol. The van der Waals surface area contributed by atoms with Gasteiger partial charge in [-0.1, -0.05) is 24.3 Å². The minimum absolute atomic E-state index is 0.0155. The van der Waals surface area contributed by atoms with Crippen molar-refractivity contribution in [1.29, 1.82) is 0 Å². The predicted octanol–water partition coefficient (Wildman–Crippen LogP) is 3.73. The van der Waals surface area contributed by atoms with Gasteiger partial charge >= 0.3 is 0 Å². The molecule has 0 aliphatic carbocycles. The van der Waals surface area contributed by atoms with Gasteiger partial charge in [0.25, 0.3) is 15.9 Å². The summed E-state index contributed by atoms with van der Waals surface area (Å²) in [7, 11) is -2.29. The van der Waals surface area contributed by atoms with Crippen LogP contribution in [0, 0.1) is 0 Å². The van der Waals surface area contributed by atoms with Gasteiger partial charge in [0.15, 0.2) is 0 Å². The number of anilines is 2. The van der Waals surface area contributed by atoms with Crippen molar-refractivity contribution in [3.63, 3.8) is 0 Å². The zero-order chi connectivity index (χ0) is 22.1. The maximum absolute atomic E-state index is 12.7. The molecule has 7 nitrogen and oxygen atoms in total. The van der Waals surface area contributed by atoms with E-state index in [2.05, 4.69) is 15.4 Å². The molecule has 0 atom stereocenters. The Labute approximate surface area is 182 Å². The summed E-state index contributed by atoms with van der Waals surface area (Å²) < 4.78 is 32.9. The van der Waals surface area contributed by atoms with Gasteiger partial charge in [0.05, 0.1) is 12.0 Å². The van der Waals surface area contributed by atoms with Crippen LogP contribution in [0.4, 0.5) is 11.4 Å². The number of rotatable bonds is 10. The number of nitrogens with one attached hydrogen (secondary N) is 3. The largest absolute Gasteiger partial charge is 0.497 e. The fraction of sp³-hybridized carbons (Fsp3) is 0.174. The Bertz CT molecular complexity index is 1100. The van der Waals surface area contributed by atoms with Crippen molar-refractivity contribution in [3.8, 4) is 5.75 Å². The highest BCUT2D eigenvalue weighted by Crippen LogP contribution is 2.20. The van der Waals surface area contributed by atoms with E-state index in [0.29, 0.717) is 24.5 Å². The number of amides is 1. The first-order valence-electron chi connectivity index (χ1n) is 9.82. The number of hydrogen-bond acceptors (Lipinski definition) is 5. The number of benzene rings is 3. The molecule has 0 aliphatic heterocycles. The topological polar surface area (TPSA) is 96.5 Å². The zero-order valence-electron chi connectivity index (χ0n) is 17.2. The number of hydrogen-bond donors (Lipinski definition) is 3. The minimum Gasteiger partial charge on any atom is -0.497 e. The summed E-state index contributed by atoms with van der Waals surface area (Å²) in [6.07, 6.45) is 0.734.